The van der Waals surface area contributed by atoms with E-state index < -0.39 is 0 Å². The third kappa shape index (κ3) is 2.33. The molecule has 1 aromatic heterocycles. The summed E-state index contributed by atoms with van der Waals surface area (Å²) < 4.78 is 13.5. The molecule has 19 heavy (non-hydrogen) atoms. The molecule has 100 valence electrons. The predicted octanol–water partition coefficient (Wildman–Crippen LogP) is 2.39. The summed E-state index contributed by atoms with van der Waals surface area (Å²) in [5.41, 5.74) is 1.24. The number of hydrogen-bond acceptors (Lipinski definition) is 2. The van der Waals surface area contributed by atoms with Gasteiger partial charge in [-0.05, 0) is 38.0 Å². The topological polar surface area (TPSA) is 56.9 Å². The van der Waals surface area contributed by atoms with Gasteiger partial charge in [-0.2, -0.15) is 0 Å². The van der Waals surface area contributed by atoms with E-state index in [1.54, 1.807) is 12.3 Å². The van der Waals surface area contributed by atoms with E-state index in [-0.39, 0.29) is 17.8 Å². The van der Waals surface area contributed by atoms with Crippen molar-refractivity contribution in [3.8, 4) is 0 Å². The molecule has 1 amide bonds. The van der Waals surface area contributed by atoms with Gasteiger partial charge in [-0.25, -0.2) is 4.39 Å². The van der Waals surface area contributed by atoms with Gasteiger partial charge in [0, 0.05) is 17.6 Å². The van der Waals surface area contributed by atoms with Crippen LogP contribution in [0.1, 0.15) is 19.8 Å². The Morgan fingerprint density at radius 3 is 3.00 bits per heavy atom. The van der Waals surface area contributed by atoms with Gasteiger partial charge in [0.2, 0.25) is 5.91 Å². The van der Waals surface area contributed by atoms with Crippen LogP contribution in [0.5, 0.6) is 0 Å². The number of nitrogens with one attached hydrogen (secondary N) is 3. The first-order chi connectivity index (χ1) is 9.13. The van der Waals surface area contributed by atoms with E-state index in [0.29, 0.717) is 11.7 Å². The number of H-pyrrole nitrogens is 1. The second-order valence-corrected chi connectivity index (χ2v) is 5.08. The summed E-state index contributed by atoms with van der Waals surface area (Å²) in [6.07, 6.45) is 3.53. The van der Waals surface area contributed by atoms with Crippen LogP contribution in [-0.2, 0) is 4.79 Å². The van der Waals surface area contributed by atoms with Crippen molar-refractivity contribution in [3.63, 3.8) is 0 Å². The number of amides is 1. The molecule has 2 aromatic rings. The Hall–Kier alpha value is -1.88. The minimum atomic E-state index is -0.352. The van der Waals surface area contributed by atoms with E-state index in [1.165, 1.54) is 12.1 Å². The van der Waals surface area contributed by atoms with Crippen molar-refractivity contribution in [2.24, 2.45) is 0 Å². The number of benzene rings is 1. The van der Waals surface area contributed by atoms with Crippen LogP contribution < -0.4 is 10.6 Å². The van der Waals surface area contributed by atoms with Crippen LogP contribution >= 0.6 is 0 Å². The Bertz CT molecular complexity index is 622. The standard InChI is InChI=1S/C14H16FN3O/c1-8-2-3-11(17-8)14(19)18-12-7-10(15)6-9-4-5-16-13(9)12/h4-8,11,16-17H,2-3H2,1H3,(H,18,19)/t8-,11-/m0/s1. The van der Waals surface area contributed by atoms with Crippen LogP contribution in [0, 0.1) is 5.82 Å². The Labute approximate surface area is 110 Å². The highest BCUT2D eigenvalue weighted by Gasteiger charge is 2.26. The maximum absolute atomic E-state index is 13.5. The highest BCUT2D eigenvalue weighted by atomic mass is 19.1. The highest BCUT2D eigenvalue weighted by Crippen LogP contribution is 2.24. The Morgan fingerprint density at radius 2 is 2.26 bits per heavy atom. The van der Waals surface area contributed by atoms with Crippen molar-refractivity contribution in [1.29, 1.82) is 0 Å². The summed E-state index contributed by atoms with van der Waals surface area (Å²) in [6.45, 7) is 2.05. The van der Waals surface area contributed by atoms with Crippen molar-refractivity contribution in [2.45, 2.75) is 31.8 Å². The number of carbonyl (C=O) groups excluding carboxylic acids is 1. The largest absolute Gasteiger partial charge is 0.359 e. The maximum Gasteiger partial charge on any atom is 0.241 e. The van der Waals surface area contributed by atoms with E-state index in [4.69, 9.17) is 0 Å². The van der Waals surface area contributed by atoms with Crippen LogP contribution in [0.25, 0.3) is 10.9 Å². The maximum atomic E-state index is 13.5. The van der Waals surface area contributed by atoms with Crippen molar-refractivity contribution < 1.29 is 9.18 Å². The zero-order valence-electron chi connectivity index (χ0n) is 10.7. The lowest BCUT2D eigenvalue weighted by Crippen LogP contribution is -2.38. The molecule has 2 atom stereocenters. The summed E-state index contributed by atoms with van der Waals surface area (Å²) in [6, 6.07) is 4.73. The zero-order chi connectivity index (χ0) is 13.4. The number of aromatic amines is 1. The van der Waals surface area contributed by atoms with Gasteiger partial charge in [0.15, 0.2) is 0 Å². The molecular weight excluding hydrogens is 245 g/mol. The first kappa shape index (κ1) is 12.2. The highest BCUT2D eigenvalue weighted by molar-refractivity contribution is 6.02. The SMILES string of the molecule is C[C@H]1CC[C@@H](C(=O)Nc2cc(F)cc3cc[nH]c23)N1. The Balaban J connectivity index is 1.85. The van der Waals surface area contributed by atoms with Crippen molar-refractivity contribution >= 4 is 22.5 Å². The molecule has 3 N–H and O–H groups in total. The molecule has 3 rings (SSSR count). The van der Waals surface area contributed by atoms with E-state index in [9.17, 15) is 9.18 Å². The molecule has 1 aliphatic heterocycles. The Morgan fingerprint density at radius 1 is 1.42 bits per heavy atom. The first-order valence-corrected chi connectivity index (χ1v) is 6.47. The number of aromatic nitrogens is 1. The predicted molar refractivity (Wildman–Crippen MR) is 72.5 cm³/mol. The average Bonchev–Trinajstić information content (AvgIpc) is 2.97. The fourth-order valence-electron chi connectivity index (χ4n) is 2.59. The molecule has 0 radical (unpaired) electrons. The van der Waals surface area contributed by atoms with Gasteiger partial charge in [-0.15, -0.1) is 0 Å². The molecule has 0 spiro atoms. The summed E-state index contributed by atoms with van der Waals surface area (Å²) >= 11 is 0. The molecule has 0 aliphatic carbocycles. The van der Waals surface area contributed by atoms with Crippen LogP contribution in [0.4, 0.5) is 10.1 Å². The number of fused-ring (bicyclic) bond motifs is 1. The third-order valence-corrected chi connectivity index (χ3v) is 3.57. The number of anilines is 1. The normalized spacial score (nSPS) is 22.8. The van der Waals surface area contributed by atoms with Gasteiger partial charge in [-0.3, -0.25) is 4.79 Å². The minimum absolute atomic E-state index is 0.106. The van der Waals surface area contributed by atoms with E-state index >= 15 is 0 Å². The number of carbonyl (C=O) groups is 1. The van der Waals surface area contributed by atoms with Crippen LogP contribution in [0.2, 0.25) is 0 Å². The molecule has 1 saturated heterocycles. The molecular formula is C14H16FN3O. The van der Waals surface area contributed by atoms with Gasteiger partial charge in [0.1, 0.15) is 5.82 Å². The Kier molecular flexibility index (Phi) is 2.98. The third-order valence-electron chi connectivity index (χ3n) is 3.57. The molecule has 0 unspecified atom stereocenters. The lowest BCUT2D eigenvalue weighted by molar-refractivity contribution is -0.117. The lowest BCUT2D eigenvalue weighted by atomic mass is 10.1. The van der Waals surface area contributed by atoms with Crippen LogP contribution in [-0.4, -0.2) is 23.0 Å². The monoisotopic (exact) mass is 261 g/mol. The fourth-order valence-corrected chi connectivity index (χ4v) is 2.59. The summed E-state index contributed by atoms with van der Waals surface area (Å²) in [4.78, 5) is 15.1. The van der Waals surface area contributed by atoms with E-state index in [2.05, 4.69) is 22.5 Å². The van der Waals surface area contributed by atoms with Gasteiger partial charge in [0.05, 0.1) is 17.2 Å². The molecule has 1 fully saturated rings. The fraction of sp³-hybridized carbons (Fsp3) is 0.357. The lowest BCUT2D eigenvalue weighted by Gasteiger charge is -2.13. The van der Waals surface area contributed by atoms with Crippen molar-refractivity contribution in [3.05, 3.63) is 30.2 Å². The van der Waals surface area contributed by atoms with Crippen molar-refractivity contribution in [2.75, 3.05) is 5.32 Å². The molecule has 4 nitrogen and oxygen atoms in total. The average molecular weight is 261 g/mol. The number of hydrogen-bond donors (Lipinski definition) is 3. The number of rotatable bonds is 2. The summed E-state index contributed by atoms with van der Waals surface area (Å²) in [5.74, 6) is -0.457. The quantitative estimate of drug-likeness (QED) is 0.777. The molecule has 1 aliphatic rings. The molecule has 1 aromatic carbocycles. The first-order valence-electron chi connectivity index (χ1n) is 6.47. The second kappa shape index (κ2) is 4.66. The van der Waals surface area contributed by atoms with Gasteiger partial charge >= 0.3 is 0 Å². The van der Waals surface area contributed by atoms with Gasteiger partial charge in [-0.1, -0.05) is 0 Å². The summed E-state index contributed by atoms with van der Waals surface area (Å²) in [7, 11) is 0. The molecule has 0 saturated carbocycles. The van der Waals surface area contributed by atoms with Crippen LogP contribution in [0.3, 0.4) is 0 Å². The van der Waals surface area contributed by atoms with Crippen molar-refractivity contribution in [1.82, 2.24) is 10.3 Å². The summed E-state index contributed by atoms with van der Waals surface area (Å²) in [5, 5.41) is 6.77. The van der Waals surface area contributed by atoms with Gasteiger partial charge in [0.25, 0.3) is 0 Å². The second-order valence-electron chi connectivity index (χ2n) is 5.08. The molecule has 0 bridgehead atoms. The number of halogens is 1. The molecule has 2 heterocycles. The molecule has 5 heteroatoms. The van der Waals surface area contributed by atoms with Crippen LogP contribution in [0.15, 0.2) is 24.4 Å². The van der Waals surface area contributed by atoms with E-state index in [1.807, 2.05) is 0 Å². The zero-order valence-corrected chi connectivity index (χ0v) is 10.7. The van der Waals surface area contributed by atoms with E-state index in [0.717, 1.165) is 23.7 Å². The smallest absolute Gasteiger partial charge is 0.241 e. The minimum Gasteiger partial charge on any atom is -0.359 e. The van der Waals surface area contributed by atoms with Gasteiger partial charge < -0.3 is 15.6 Å².